The van der Waals surface area contributed by atoms with Gasteiger partial charge in [-0.1, -0.05) is 36.0 Å². The number of amides is 1. The Bertz CT molecular complexity index is 1190. The van der Waals surface area contributed by atoms with E-state index in [4.69, 9.17) is 9.15 Å². The molecule has 4 aromatic rings. The quantitative estimate of drug-likeness (QED) is 0.296. The molecular weight excluding hydrogens is 456 g/mol. The van der Waals surface area contributed by atoms with Gasteiger partial charge in [0.15, 0.2) is 10.9 Å². The van der Waals surface area contributed by atoms with Gasteiger partial charge in [0.2, 0.25) is 0 Å². The van der Waals surface area contributed by atoms with Crippen LogP contribution in [0.1, 0.15) is 27.0 Å². The van der Waals surface area contributed by atoms with E-state index in [1.54, 1.807) is 29.8 Å². The lowest BCUT2D eigenvalue weighted by atomic mass is 10.1. The number of benzene rings is 1. The molecule has 0 radical (unpaired) electrons. The molecule has 1 aromatic carbocycles. The monoisotopic (exact) mass is 480 g/mol. The molecule has 3 aromatic heterocycles. The van der Waals surface area contributed by atoms with E-state index in [-0.39, 0.29) is 11.9 Å². The first kappa shape index (κ1) is 22.1. The van der Waals surface area contributed by atoms with Crippen molar-refractivity contribution in [3.8, 4) is 0 Å². The molecule has 9 heteroatoms. The lowest BCUT2D eigenvalue weighted by Gasteiger charge is -2.34. The van der Waals surface area contributed by atoms with Crippen LogP contribution in [0.4, 0.5) is 0 Å². The summed E-state index contributed by atoms with van der Waals surface area (Å²) in [6, 6.07) is 13.8. The van der Waals surface area contributed by atoms with Gasteiger partial charge in [-0.15, -0.1) is 11.3 Å². The molecule has 170 valence electrons. The van der Waals surface area contributed by atoms with Crippen LogP contribution in [-0.4, -0.2) is 53.6 Å². The Kier molecular flexibility index (Phi) is 7.01. The summed E-state index contributed by atoms with van der Waals surface area (Å²) in [4.78, 5) is 25.5. The molecule has 33 heavy (non-hydrogen) atoms. The number of thiophene rings is 1. The fourth-order valence-electron chi connectivity index (χ4n) is 3.97. The highest BCUT2D eigenvalue weighted by Gasteiger charge is 2.26. The van der Waals surface area contributed by atoms with Gasteiger partial charge in [0.25, 0.3) is 5.91 Å². The number of carbonyl (C=O) groups excluding carboxylic acids is 1. The summed E-state index contributed by atoms with van der Waals surface area (Å²) in [6.07, 6.45) is 3.43. The molecule has 0 spiro atoms. The van der Waals surface area contributed by atoms with Gasteiger partial charge in [0.1, 0.15) is 5.58 Å². The zero-order valence-electron chi connectivity index (χ0n) is 18.0. The van der Waals surface area contributed by atoms with Gasteiger partial charge in [-0.3, -0.25) is 9.69 Å². The highest BCUT2D eigenvalue weighted by Crippen LogP contribution is 2.31. The van der Waals surface area contributed by atoms with Crippen molar-refractivity contribution in [1.82, 2.24) is 20.2 Å². The Morgan fingerprint density at radius 2 is 1.94 bits per heavy atom. The van der Waals surface area contributed by atoms with E-state index in [2.05, 4.69) is 37.7 Å². The Morgan fingerprint density at radius 3 is 2.73 bits per heavy atom. The highest BCUT2D eigenvalue weighted by atomic mass is 32.2. The number of para-hydroxylation sites is 1. The number of ether oxygens (including phenoxy) is 1. The number of carbonyl (C=O) groups is 1. The van der Waals surface area contributed by atoms with E-state index in [1.165, 1.54) is 16.6 Å². The van der Waals surface area contributed by atoms with Crippen LogP contribution < -0.4 is 5.32 Å². The van der Waals surface area contributed by atoms with E-state index in [0.717, 1.165) is 24.0 Å². The molecule has 5 rings (SSSR count). The molecule has 1 atom stereocenters. The second-order valence-electron chi connectivity index (χ2n) is 7.62. The standard InChI is InChI=1S/C24H24N4O3S2/c29-23(27-15-19(21-7-3-14-32-21)28-10-12-30-13-11-28)22-18(16-33-24-25-8-4-9-26-24)17-5-1-2-6-20(17)31-22/h1-9,14,19H,10-13,15-16H2,(H,27,29). The van der Waals surface area contributed by atoms with Crippen LogP contribution in [0.2, 0.25) is 0 Å². The van der Waals surface area contributed by atoms with Gasteiger partial charge in [-0.2, -0.15) is 0 Å². The number of fused-ring (bicyclic) bond motifs is 1. The highest BCUT2D eigenvalue weighted by molar-refractivity contribution is 7.98. The Labute approximate surface area is 200 Å². The predicted molar refractivity (Wildman–Crippen MR) is 130 cm³/mol. The van der Waals surface area contributed by atoms with Crippen molar-refractivity contribution >= 4 is 40.0 Å². The van der Waals surface area contributed by atoms with Crippen molar-refractivity contribution in [2.24, 2.45) is 0 Å². The molecule has 0 bridgehead atoms. The van der Waals surface area contributed by atoms with Gasteiger partial charge in [-0.05, 0) is 23.6 Å². The van der Waals surface area contributed by atoms with Crippen molar-refractivity contribution in [2.45, 2.75) is 17.0 Å². The van der Waals surface area contributed by atoms with Crippen LogP contribution in [0.3, 0.4) is 0 Å². The van der Waals surface area contributed by atoms with Gasteiger partial charge >= 0.3 is 0 Å². The summed E-state index contributed by atoms with van der Waals surface area (Å²) in [7, 11) is 0. The fourth-order valence-corrected chi connectivity index (χ4v) is 5.66. The topological polar surface area (TPSA) is 80.5 Å². The zero-order valence-corrected chi connectivity index (χ0v) is 19.6. The van der Waals surface area contributed by atoms with Crippen molar-refractivity contribution in [2.75, 3.05) is 32.8 Å². The van der Waals surface area contributed by atoms with Crippen LogP contribution >= 0.6 is 23.1 Å². The lowest BCUT2D eigenvalue weighted by Crippen LogP contribution is -2.43. The second kappa shape index (κ2) is 10.5. The number of nitrogens with zero attached hydrogens (tertiary/aromatic N) is 3. The molecule has 1 N–H and O–H groups in total. The molecule has 7 nitrogen and oxygen atoms in total. The van der Waals surface area contributed by atoms with Crippen LogP contribution in [0, 0.1) is 0 Å². The molecule has 1 unspecified atom stereocenters. The summed E-state index contributed by atoms with van der Waals surface area (Å²) < 4.78 is 11.5. The number of aromatic nitrogens is 2. The van der Waals surface area contributed by atoms with Gasteiger partial charge in [-0.25, -0.2) is 9.97 Å². The Hall–Kier alpha value is -2.72. The van der Waals surface area contributed by atoms with Crippen LogP contribution in [0.5, 0.6) is 0 Å². The summed E-state index contributed by atoms with van der Waals surface area (Å²) >= 11 is 3.20. The van der Waals surface area contributed by atoms with Crippen LogP contribution in [0.25, 0.3) is 11.0 Å². The maximum Gasteiger partial charge on any atom is 0.287 e. The van der Waals surface area contributed by atoms with E-state index >= 15 is 0 Å². The van der Waals surface area contributed by atoms with Crippen LogP contribution in [0.15, 0.2) is 69.8 Å². The number of thioether (sulfide) groups is 1. The number of rotatable bonds is 8. The van der Waals surface area contributed by atoms with Crippen LogP contribution in [-0.2, 0) is 10.5 Å². The smallest absolute Gasteiger partial charge is 0.287 e. The third-order valence-electron chi connectivity index (χ3n) is 5.61. The largest absolute Gasteiger partial charge is 0.451 e. The number of morpholine rings is 1. The van der Waals surface area contributed by atoms with Gasteiger partial charge in [0.05, 0.1) is 19.3 Å². The van der Waals surface area contributed by atoms with Gasteiger partial charge in [0, 0.05) is 53.6 Å². The second-order valence-corrected chi connectivity index (χ2v) is 9.54. The van der Waals surface area contributed by atoms with E-state index < -0.39 is 0 Å². The van der Waals surface area contributed by atoms with Crippen molar-refractivity contribution in [3.05, 3.63) is 76.4 Å². The number of hydrogen-bond donors (Lipinski definition) is 1. The molecule has 0 aliphatic carbocycles. The minimum Gasteiger partial charge on any atom is -0.451 e. The molecule has 1 saturated heterocycles. The summed E-state index contributed by atoms with van der Waals surface area (Å²) in [5.41, 5.74) is 1.56. The lowest BCUT2D eigenvalue weighted by molar-refractivity contribution is 0.0168. The van der Waals surface area contributed by atoms with Crippen molar-refractivity contribution < 1.29 is 13.9 Å². The number of nitrogens with one attached hydrogen (secondary N) is 1. The Balaban J connectivity index is 1.36. The fraction of sp³-hybridized carbons (Fsp3) is 0.292. The van der Waals surface area contributed by atoms with E-state index in [0.29, 0.717) is 42.0 Å². The normalized spacial score (nSPS) is 15.5. The predicted octanol–water partition coefficient (Wildman–Crippen LogP) is 4.38. The third kappa shape index (κ3) is 5.11. The Morgan fingerprint density at radius 1 is 1.12 bits per heavy atom. The molecule has 1 fully saturated rings. The minimum atomic E-state index is -0.203. The minimum absolute atomic E-state index is 0.109. The molecule has 4 heterocycles. The van der Waals surface area contributed by atoms with E-state index in [9.17, 15) is 4.79 Å². The number of hydrogen-bond acceptors (Lipinski definition) is 8. The van der Waals surface area contributed by atoms with Crippen molar-refractivity contribution in [1.29, 1.82) is 0 Å². The SMILES string of the molecule is O=C(NCC(c1cccs1)N1CCOCC1)c1oc2ccccc2c1CSc1ncccn1. The number of furan rings is 1. The molecule has 1 aliphatic rings. The summed E-state index contributed by atoms with van der Waals surface area (Å²) in [5, 5.41) is 6.81. The molecule has 1 amide bonds. The maximum absolute atomic E-state index is 13.3. The average molecular weight is 481 g/mol. The first-order valence-corrected chi connectivity index (χ1v) is 12.7. The molecule has 0 saturated carbocycles. The maximum atomic E-state index is 13.3. The first-order valence-electron chi connectivity index (χ1n) is 10.8. The molecule has 1 aliphatic heterocycles. The first-order chi connectivity index (χ1) is 16.3. The third-order valence-corrected chi connectivity index (χ3v) is 7.48. The van der Waals surface area contributed by atoms with Crippen molar-refractivity contribution in [3.63, 3.8) is 0 Å². The average Bonchev–Trinajstić information content (AvgIpc) is 3.52. The molecular formula is C24H24N4O3S2. The van der Waals surface area contributed by atoms with Gasteiger partial charge < -0.3 is 14.5 Å². The summed E-state index contributed by atoms with van der Waals surface area (Å²) in [6.45, 7) is 3.62. The zero-order chi connectivity index (χ0) is 22.5. The van der Waals surface area contributed by atoms with E-state index in [1.807, 2.05) is 24.3 Å². The summed E-state index contributed by atoms with van der Waals surface area (Å²) in [5.74, 6) is 0.693.